The standard InChI is InChI=1S/C16H11O3/c1-19-16(18)13-7-12-6-10-4-2-3-5-11(10)8-14(12)15(17)9-13/h2-9H,1H3. The summed E-state index contributed by atoms with van der Waals surface area (Å²) >= 11 is 0. The minimum absolute atomic E-state index is 0.163. The Balaban J connectivity index is 2.34. The Kier molecular flexibility index (Phi) is 2.60. The normalized spacial score (nSPS) is 10.8. The molecule has 3 nitrogen and oxygen atoms in total. The highest BCUT2D eigenvalue weighted by atomic mass is 16.5. The van der Waals surface area contributed by atoms with Gasteiger partial charge in [-0.2, -0.15) is 0 Å². The molecule has 0 aliphatic carbocycles. The summed E-state index contributed by atoms with van der Waals surface area (Å²) in [6, 6.07) is 14.6. The van der Waals surface area contributed by atoms with Crippen molar-refractivity contribution in [1.29, 1.82) is 0 Å². The molecular weight excluding hydrogens is 240 g/mol. The van der Waals surface area contributed by atoms with Crippen molar-refractivity contribution in [2.75, 3.05) is 7.11 Å². The number of esters is 1. The largest absolute Gasteiger partial charge is 0.465 e. The third kappa shape index (κ3) is 1.89. The fraction of sp³-hybridized carbons (Fsp3) is 0.0625. The summed E-state index contributed by atoms with van der Waals surface area (Å²) in [6.07, 6.45) is 0. The molecule has 0 fully saturated rings. The first-order chi connectivity index (χ1) is 9.19. The van der Waals surface area contributed by atoms with Gasteiger partial charge in [0.2, 0.25) is 0 Å². The van der Waals surface area contributed by atoms with Crippen LogP contribution in [0.3, 0.4) is 0 Å². The first-order valence-electron chi connectivity index (χ1n) is 5.91. The molecule has 0 unspecified atom stereocenters. The Morgan fingerprint density at radius 1 is 0.947 bits per heavy atom. The molecule has 0 bridgehead atoms. The van der Waals surface area contributed by atoms with E-state index in [4.69, 9.17) is 0 Å². The van der Waals surface area contributed by atoms with E-state index in [1.54, 1.807) is 6.07 Å². The third-order valence-corrected chi connectivity index (χ3v) is 3.20. The van der Waals surface area contributed by atoms with Gasteiger partial charge in [0.25, 0.3) is 0 Å². The van der Waals surface area contributed by atoms with Crippen molar-refractivity contribution in [3.8, 4) is 5.75 Å². The molecule has 0 aliphatic heterocycles. The summed E-state index contributed by atoms with van der Waals surface area (Å²) in [5.74, 6) is -0.657. The van der Waals surface area contributed by atoms with Crippen molar-refractivity contribution in [2.45, 2.75) is 0 Å². The van der Waals surface area contributed by atoms with Gasteiger partial charge in [-0.15, -0.1) is 0 Å². The lowest BCUT2D eigenvalue weighted by atomic mass is 10.0. The minimum atomic E-state index is -0.493. The van der Waals surface area contributed by atoms with Crippen molar-refractivity contribution in [2.24, 2.45) is 0 Å². The fourth-order valence-corrected chi connectivity index (χ4v) is 2.25. The minimum Gasteiger partial charge on any atom is -0.465 e. The molecule has 0 atom stereocenters. The van der Waals surface area contributed by atoms with Gasteiger partial charge in [-0.25, -0.2) is 4.79 Å². The molecule has 0 aliphatic rings. The Labute approximate surface area is 110 Å². The molecule has 3 aromatic rings. The highest BCUT2D eigenvalue weighted by Gasteiger charge is 2.11. The van der Waals surface area contributed by atoms with Crippen LogP contribution in [0.2, 0.25) is 0 Å². The molecule has 3 aromatic carbocycles. The molecule has 3 heteroatoms. The van der Waals surface area contributed by atoms with Gasteiger partial charge in [-0.3, -0.25) is 5.11 Å². The molecule has 0 saturated heterocycles. The molecule has 93 valence electrons. The molecule has 0 heterocycles. The molecule has 0 spiro atoms. The number of methoxy groups -OCH3 is 1. The van der Waals surface area contributed by atoms with Crippen LogP contribution in [0.25, 0.3) is 21.5 Å². The average Bonchev–Trinajstić information content (AvgIpc) is 2.44. The molecule has 0 N–H and O–H groups in total. The van der Waals surface area contributed by atoms with E-state index in [0.717, 1.165) is 16.2 Å². The van der Waals surface area contributed by atoms with Gasteiger partial charge >= 0.3 is 5.97 Å². The number of hydrogen-bond donors (Lipinski definition) is 0. The highest BCUT2D eigenvalue weighted by Crippen LogP contribution is 2.31. The van der Waals surface area contributed by atoms with Crippen LogP contribution >= 0.6 is 0 Å². The maximum atomic E-state index is 12.1. The van der Waals surface area contributed by atoms with E-state index in [9.17, 15) is 9.90 Å². The quantitative estimate of drug-likeness (QED) is 0.486. The van der Waals surface area contributed by atoms with E-state index in [-0.39, 0.29) is 11.3 Å². The van der Waals surface area contributed by atoms with E-state index < -0.39 is 5.97 Å². The van der Waals surface area contributed by atoms with Gasteiger partial charge in [0, 0.05) is 11.5 Å². The molecule has 1 radical (unpaired) electrons. The summed E-state index contributed by atoms with van der Waals surface area (Å²) < 4.78 is 4.65. The number of ether oxygens (including phenoxy) is 1. The van der Waals surface area contributed by atoms with Crippen LogP contribution in [-0.4, -0.2) is 13.1 Å². The number of fused-ring (bicyclic) bond motifs is 2. The fourth-order valence-electron chi connectivity index (χ4n) is 2.25. The number of rotatable bonds is 1. The average molecular weight is 251 g/mol. The smallest absolute Gasteiger partial charge is 0.338 e. The predicted molar refractivity (Wildman–Crippen MR) is 72.9 cm³/mol. The van der Waals surface area contributed by atoms with Gasteiger partial charge in [-0.1, -0.05) is 24.3 Å². The number of hydrogen-bond acceptors (Lipinski definition) is 2. The van der Waals surface area contributed by atoms with Crippen LogP contribution in [0.4, 0.5) is 0 Å². The van der Waals surface area contributed by atoms with Crippen LogP contribution in [0.1, 0.15) is 10.4 Å². The SMILES string of the molecule is COC(=O)c1cc([O])c2cc3ccccc3cc2c1. The van der Waals surface area contributed by atoms with E-state index >= 15 is 0 Å². The second-order valence-electron chi connectivity index (χ2n) is 4.39. The third-order valence-electron chi connectivity index (χ3n) is 3.20. The summed E-state index contributed by atoms with van der Waals surface area (Å²) in [5.41, 5.74) is 0.287. The zero-order valence-corrected chi connectivity index (χ0v) is 10.3. The van der Waals surface area contributed by atoms with Crippen molar-refractivity contribution < 1.29 is 14.6 Å². The lowest BCUT2D eigenvalue weighted by Gasteiger charge is -2.05. The van der Waals surface area contributed by atoms with Crippen molar-refractivity contribution in [1.82, 2.24) is 0 Å². The predicted octanol–water partition coefficient (Wildman–Crippen LogP) is 3.92. The second kappa shape index (κ2) is 4.28. The number of carbonyl (C=O) groups is 1. The molecule has 3 rings (SSSR count). The van der Waals surface area contributed by atoms with Gasteiger partial charge in [0.15, 0.2) is 5.75 Å². The number of carbonyl (C=O) groups excluding carboxylic acids is 1. The molecule has 0 aromatic heterocycles. The highest BCUT2D eigenvalue weighted by molar-refractivity contribution is 6.04. The Morgan fingerprint density at radius 2 is 1.63 bits per heavy atom. The molecule has 0 amide bonds. The van der Waals surface area contributed by atoms with Crippen LogP contribution in [-0.2, 0) is 9.84 Å². The number of benzene rings is 3. The topological polar surface area (TPSA) is 46.2 Å². The summed E-state index contributed by atoms with van der Waals surface area (Å²) in [6.45, 7) is 0. The monoisotopic (exact) mass is 251 g/mol. The van der Waals surface area contributed by atoms with Crippen LogP contribution < -0.4 is 0 Å². The lowest BCUT2D eigenvalue weighted by Crippen LogP contribution is -2.00. The van der Waals surface area contributed by atoms with E-state index in [1.165, 1.54) is 13.2 Å². The first kappa shape index (κ1) is 11.5. The van der Waals surface area contributed by atoms with E-state index in [0.29, 0.717) is 5.39 Å². The maximum Gasteiger partial charge on any atom is 0.338 e. The zero-order valence-electron chi connectivity index (χ0n) is 10.3. The zero-order chi connectivity index (χ0) is 13.4. The summed E-state index contributed by atoms with van der Waals surface area (Å²) in [5, 5.41) is 15.5. The van der Waals surface area contributed by atoms with E-state index in [2.05, 4.69) is 4.74 Å². The molecule has 19 heavy (non-hydrogen) atoms. The van der Waals surface area contributed by atoms with Crippen LogP contribution in [0.15, 0.2) is 48.5 Å². The van der Waals surface area contributed by atoms with Gasteiger partial charge in [-0.05, 0) is 34.4 Å². The molecular formula is C16H11O3. The lowest BCUT2D eigenvalue weighted by molar-refractivity contribution is 0.0600. The summed E-state index contributed by atoms with van der Waals surface area (Å²) in [7, 11) is 1.30. The maximum absolute atomic E-state index is 12.1. The first-order valence-corrected chi connectivity index (χ1v) is 5.91. The Hall–Kier alpha value is -2.55. The second-order valence-corrected chi connectivity index (χ2v) is 4.39. The Bertz CT molecular complexity index is 790. The van der Waals surface area contributed by atoms with Crippen LogP contribution in [0.5, 0.6) is 5.75 Å². The van der Waals surface area contributed by atoms with Crippen LogP contribution in [0, 0.1) is 0 Å². The van der Waals surface area contributed by atoms with E-state index in [1.807, 2.05) is 36.4 Å². The van der Waals surface area contributed by atoms with Crippen molar-refractivity contribution in [3.63, 3.8) is 0 Å². The van der Waals surface area contributed by atoms with Gasteiger partial charge < -0.3 is 4.74 Å². The Morgan fingerprint density at radius 3 is 2.32 bits per heavy atom. The summed E-state index contributed by atoms with van der Waals surface area (Å²) in [4.78, 5) is 11.5. The van der Waals surface area contributed by atoms with Gasteiger partial charge in [0.1, 0.15) is 0 Å². The molecule has 0 saturated carbocycles. The van der Waals surface area contributed by atoms with Gasteiger partial charge in [0.05, 0.1) is 12.7 Å². The van der Waals surface area contributed by atoms with Crippen molar-refractivity contribution >= 4 is 27.5 Å². The van der Waals surface area contributed by atoms with Crippen molar-refractivity contribution in [3.05, 3.63) is 54.1 Å².